The minimum atomic E-state index is 0.635. The standard InChI is InChI=1S/C10H11BrN4/c1-12-10-13-9(15(2)14-10)7-3-5-8(11)6-4-7/h3-6H,1-2H3,(H,12,14). The molecule has 0 bridgehead atoms. The van der Waals surface area contributed by atoms with E-state index >= 15 is 0 Å². The van der Waals surface area contributed by atoms with Crippen LogP contribution in [0.2, 0.25) is 0 Å². The Morgan fingerprint density at radius 3 is 2.47 bits per heavy atom. The molecule has 0 saturated carbocycles. The topological polar surface area (TPSA) is 42.7 Å². The van der Waals surface area contributed by atoms with E-state index in [1.165, 1.54) is 0 Å². The van der Waals surface area contributed by atoms with E-state index in [1.807, 2.05) is 31.3 Å². The summed E-state index contributed by atoms with van der Waals surface area (Å²) in [4.78, 5) is 4.35. The molecule has 0 aliphatic heterocycles. The first kappa shape index (κ1) is 10.2. The van der Waals surface area contributed by atoms with Gasteiger partial charge in [0.1, 0.15) is 0 Å². The second kappa shape index (κ2) is 4.02. The van der Waals surface area contributed by atoms with Crippen molar-refractivity contribution in [3.63, 3.8) is 0 Å². The van der Waals surface area contributed by atoms with E-state index in [2.05, 4.69) is 31.3 Å². The van der Waals surface area contributed by atoms with Gasteiger partial charge in [-0.05, 0) is 12.1 Å². The number of aryl methyl sites for hydroxylation is 1. The van der Waals surface area contributed by atoms with Crippen LogP contribution in [0.15, 0.2) is 28.7 Å². The number of rotatable bonds is 2. The van der Waals surface area contributed by atoms with Gasteiger partial charge in [-0.3, -0.25) is 0 Å². The van der Waals surface area contributed by atoms with Crippen molar-refractivity contribution < 1.29 is 0 Å². The largest absolute Gasteiger partial charge is 0.356 e. The van der Waals surface area contributed by atoms with E-state index < -0.39 is 0 Å². The van der Waals surface area contributed by atoms with Crippen LogP contribution in [0, 0.1) is 0 Å². The fraction of sp³-hybridized carbons (Fsp3) is 0.200. The molecule has 15 heavy (non-hydrogen) atoms. The van der Waals surface area contributed by atoms with Crippen molar-refractivity contribution in [2.24, 2.45) is 7.05 Å². The fourth-order valence-corrected chi connectivity index (χ4v) is 1.61. The van der Waals surface area contributed by atoms with Gasteiger partial charge in [-0.2, -0.15) is 4.98 Å². The lowest BCUT2D eigenvalue weighted by Crippen LogP contribution is -1.94. The lowest BCUT2D eigenvalue weighted by atomic mass is 10.2. The van der Waals surface area contributed by atoms with Gasteiger partial charge in [0.2, 0.25) is 5.95 Å². The summed E-state index contributed by atoms with van der Waals surface area (Å²) >= 11 is 3.40. The predicted octanol–water partition coefficient (Wildman–Crippen LogP) is 2.29. The maximum Gasteiger partial charge on any atom is 0.242 e. The van der Waals surface area contributed by atoms with Crippen LogP contribution >= 0.6 is 15.9 Å². The van der Waals surface area contributed by atoms with Crippen molar-refractivity contribution in [1.82, 2.24) is 14.8 Å². The first-order valence-electron chi connectivity index (χ1n) is 4.55. The zero-order valence-corrected chi connectivity index (χ0v) is 10.1. The summed E-state index contributed by atoms with van der Waals surface area (Å²) in [5, 5.41) is 7.13. The average Bonchev–Trinajstić information content (AvgIpc) is 2.61. The summed E-state index contributed by atoms with van der Waals surface area (Å²) in [6.07, 6.45) is 0. The monoisotopic (exact) mass is 266 g/mol. The summed E-state index contributed by atoms with van der Waals surface area (Å²) in [5.41, 5.74) is 1.05. The highest BCUT2D eigenvalue weighted by atomic mass is 79.9. The molecule has 0 unspecified atom stereocenters. The molecule has 0 radical (unpaired) electrons. The van der Waals surface area contributed by atoms with Gasteiger partial charge in [0, 0.05) is 24.1 Å². The van der Waals surface area contributed by atoms with E-state index in [-0.39, 0.29) is 0 Å². The average molecular weight is 267 g/mol. The third-order valence-corrected chi connectivity index (χ3v) is 2.62. The van der Waals surface area contributed by atoms with Crippen LogP contribution in [0.5, 0.6) is 0 Å². The number of aromatic nitrogens is 3. The lowest BCUT2D eigenvalue weighted by molar-refractivity contribution is 0.777. The van der Waals surface area contributed by atoms with Gasteiger partial charge in [-0.1, -0.05) is 28.1 Å². The molecule has 1 aromatic carbocycles. The first-order valence-corrected chi connectivity index (χ1v) is 5.34. The molecular formula is C10H11BrN4. The molecule has 78 valence electrons. The van der Waals surface area contributed by atoms with Crippen LogP contribution in [0.4, 0.5) is 5.95 Å². The number of anilines is 1. The van der Waals surface area contributed by atoms with Crippen molar-refractivity contribution in [2.75, 3.05) is 12.4 Å². The maximum atomic E-state index is 4.35. The number of benzene rings is 1. The first-order chi connectivity index (χ1) is 7.20. The second-order valence-corrected chi connectivity index (χ2v) is 4.06. The van der Waals surface area contributed by atoms with Crippen LogP contribution in [0.3, 0.4) is 0 Å². The molecular weight excluding hydrogens is 256 g/mol. The molecule has 4 nitrogen and oxygen atoms in total. The number of hydrogen-bond donors (Lipinski definition) is 1. The summed E-state index contributed by atoms with van der Waals surface area (Å²) in [6.45, 7) is 0. The molecule has 2 rings (SSSR count). The predicted molar refractivity (Wildman–Crippen MR) is 63.7 cm³/mol. The molecule has 0 atom stereocenters. The lowest BCUT2D eigenvalue weighted by Gasteiger charge is -1.99. The summed E-state index contributed by atoms with van der Waals surface area (Å²) in [5.74, 6) is 1.49. The Kier molecular flexibility index (Phi) is 2.73. The van der Waals surface area contributed by atoms with Crippen LogP contribution in [0.25, 0.3) is 11.4 Å². The Hall–Kier alpha value is -1.36. The minimum Gasteiger partial charge on any atom is -0.356 e. The van der Waals surface area contributed by atoms with Gasteiger partial charge in [-0.15, -0.1) is 5.10 Å². The number of hydrogen-bond acceptors (Lipinski definition) is 3. The van der Waals surface area contributed by atoms with Gasteiger partial charge in [-0.25, -0.2) is 4.68 Å². The molecule has 1 heterocycles. The van der Waals surface area contributed by atoms with Gasteiger partial charge in [0.15, 0.2) is 5.82 Å². The van der Waals surface area contributed by atoms with Crippen LogP contribution in [-0.4, -0.2) is 21.8 Å². The normalized spacial score (nSPS) is 10.3. The molecule has 1 aromatic heterocycles. The summed E-state index contributed by atoms with van der Waals surface area (Å²) in [6, 6.07) is 7.99. The molecule has 0 aliphatic rings. The third-order valence-electron chi connectivity index (χ3n) is 2.09. The quantitative estimate of drug-likeness (QED) is 0.907. The third kappa shape index (κ3) is 2.02. The van der Waals surface area contributed by atoms with E-state index in [9.17, 15) is 0 Å². The van der Waals surface area contributed by atoms with Crippen molar-refractivity contribution in [1.29, 1.82) is 0 Å². The minimum absolute atomic E-state index is 0.635. The van der Waals surface area contributed by atoms with E-state index in [0.29, 0.717) is 5.95 Å². The van der Waals surface area contributed by atoms with E-state index in [1.54, 1.807) is 11.7 Å². The molecule has 0 saturated heterocycles. The van der Waals surface area contributed by atoms with Gasteiger partial charge in [0.05, 0.1) is 0 Å². The summed E-state index contributed by atoms with van der Waals surface area (Å²) < 4.78 is 2.82. The number of nitrogens with one attached hydrogen (secondary N) is 1. The van der Waals surface area contributed by atoms with Crippen molar-refractivity contribution in [3.8, 4) is 11.4 Å². The van der Waals surface area contributed by atoms with Crippen LogP contribution < -0.4 is 5.32 Å². The molecule has 0 spiro atoms. The second-order valence-electron chi connectivity index (χ2n) is 3.14. The zero-order chi connectivity index (χ0) is 10.8. The zero-order valence-electron chi connectivity index (χ0n) is 8.53. The molecule has 1 N–H and O–H groups in total. The highest BCUT2D eigenvalue weighted by Gasteiger charge is 2.07. The molecule has 5 heteroatoms. The van der Waals surface area contributed by atoms with Crippen molar-refractivity contribution in [2.45, 2.75) is 0 Å². The molecule has 0 amide bonds. The molecule has 0 aliphatic carbocycles. The van der Waals surface area contributed by atoms with Crippen molar-refractivity contribution >= 4 is 21.9 Å². The Labute approximate surface area is 96.5 Å². The van der Waals surface area contributed by atoms with Crippen LogP contribution in [-0.2, 0) is 7.05 Å². The SMILES string of the molecule is CNc1nc(-c2ccc(Br)cc2)n(C)n1. The molecule has 0 fully saturated rings. The Morgan fingerprint density at radius 1 is 1.27 bits per heavy atom. The summed E-state index contributed by atoms with van der Waals surface area (Å²) in [7, 11) is 3.69. The Bertz CT molecular complexity index is 461. The smallest absolute Gasteiger partial charge is 0.242 e. The van der Waals surface area contributed by atoms with E-state index in [4.69, 9.17) is 0 Å². The highest BCUT2D eigenvalue weighted by molar-refractivity contribution is 9.10. The fourth-order valence-electron chi connectivity index (χ4n) is 1.34. The van der Waals surface area contributed by atoms with Crippen molar-refractivity contribution in [3.05, 3.63) is 28.7 Å². The Morgan fingerprint density at radius 2 is 1.93 bits per heavy atom. The number of halogens is 1. The number of nitrogens with zero attached hydrogens (tertiary/aromatic N) is 3. The molecule has 2 aromatic rings. The Balaban J connectivity index is 2.44. The van der Waals surface area contributed by atoms with Gasteiger partial charge >= 0.3 is 0 Å². The van der Waals surface area contributed by atoms with E-state index in [0.717, 1.165) is 15.9 Å². The highest BCUT2D eigenvalue weighted by Crippen LogP contribution is 2.20. The van der Waals surface area contributed by atoms with Gasteiger partial charge in [0.25, 0.3) is 0 Å². The maximum absolute atomic E-state index is 4.35. The van der Waals surface area contributed by atoms with Crippen LogP contribution in [0.1, 0.15) is 0 Å². The van der Waals surface area contributed by atoms with Gasteiger partial charge < -0.3 is 5.32 Å².